The van der Waals surface area contributed by atoms with Crippen LogP contribution in [0.3, 0.4) is 0 Å². The quantitative estimate of drug-likeness (QED) is 0.0345. The lowest BCUT2D eigenvalue weighted by Crippen LogP contribution is -2.30. The van der Waals surface area contributed by atoms with Gasteiger partial charge in [0.15, 0.2) is 6.10 Å². The van der Waals surface area contributed by atoms with Crippen LogP contribution in [0, 0.1) is 0 Å². The van der Waals surface area contributed by atoms with Crippen molar-refractivity contribution in [1.29, 1.82) is 0 Å². The summed E-state index contributed by atoms with van der Waals surface area (Å²) in [5.41, 5.74) is 0. The molecule has 0 aliphatic rings. The number of esters is 2. The van der Waals surface area contributed by atoms with E-state index in [2.05, 4.69) is 112 Å². The van der Waals surface area contributed by atoms with E-state index in [0.29, 0.717) is 25.9 Å². The third-order valence-corrected chi connectivity index (χ3v) is 12.1. The van der Waals surface area contributed by atoms with Crippen LogP contribution >= 0.6 is 0 Å². The average Bonchev–Trinajstić information content (AvgIpc) is 3.34. The molecule has 68 heavy (non-hydrogen) atoms. The number of ether oxygens (including phenoxy) is 3. The second-order valence-corrected chi connectivity index (χ2v) is 18.8. The van der Waals surface area contributed by atoms with Crippen molar-refractivity contribution in [3.63, 3.8) is 0 Å². The van der Waals surface area contributed by atoms with Gasteiger partial charge in [0.25, 0.3) is 0 Å². The first-order valence-corrected chi connectivity index (χ1v) is 28.8. The molecule has 0 heterocycles. The number of carbonyl (C=O) groups excluding carboxylic acids is 2. The van der Waals surface area contributed by atoms with Crippen LogP contribution in [0.5, 0.6) is 0 Å². The van der Waals surface area contributed by atoms with Gasteiger partial charge in [0.05, 0.1) is 6.61 Å². The molecule has 0 aliphatic carbocycles. The highest BCUT2D eigenvalue weighted by Crippen LogP contribution is 2.16. The zero-order valence-electron chi connectivity index (χ0n) is 44.8. The second-order valence-electron chi connectivity index (χ2n) is 18.8. The van der Waals surface area contributed by atoms with Crippen LogP contribution in [0.25, 0.3) is 0 Å². The molecule has 1 atom stereocenters. The lowest BCUT2D eigenvalue weighted by Gasteiger charge is -2.18. The minimum absolute atomic E-state index is 0.0387. The Kier molecular flexibility index (Phi) is 55.4. The molecule has 390 valence electrons. The lowest BCUT2D eigenvalue weighted by atomic mass is 10.0. The van der Waals surface area contributed by atoms with E-state index in [-0.39, 0.29) is 25.2 Å². The summed E-state index contributed by atoms with van der Waals surface area (Å²) in [6, 6.07) is 0. The van der Waals surface area contributed by atoms with Gasteiger partial charge >= 0.3 is 11.9 Å². The molecule has 5 nitrogen and oxygen atoms in total. The molecule has 0 aromatic carbocycles. The Bertz CT molecular complexity index is 1300. The maximum Gasteiger partial charge on any atom is 0.306 e. The third kappa shape index (κ3) is 55.4. The molecule has 0 N–H and O–H groups in total. The SMILES string of the molecule is CC/C=C\C/C=C\C/C=C\C/C=C\C/C=C\C/C=C\CCC(=O)OCC(COCCCCCCCC/C=C\C/C=C\CCC)OC(=O)CCCCCCCCCCCCCCCCCCCCC. The Balaban J connectivity index is 4.37. The summed E-state index contributed by atoms with van der Waals surface area (Å²) in [7, 11) is 0. The van der Waals surface area contributed by atoms with E-state index in [1.165, 1.54) is 148 Å². The molecule has 0 radical (unpaired) electrons. The molecule has 0 fully saturated rings. The third-order valence-electron chi connectivity index (χ3n) is 12.1. The monoisotopic (exact) mass is 945 g/mol. The molecule has 1 unspecified atom stereocenters. The van der Waals surface area contributed by atoms with E-state index < -0.39 is 6.10 Å². The van der Waals surface area contributed by atoms with E-state index in [4.69, 9.17) is 14.2 Å². The Hall–Kier alpha value is -3.18. The van der Waals surface area contributed by atoms with Gasteiger partial charge in [-0.3, -0.25) is 9.59 Å². The van der Waals surface area contributed by atoms with E-state index in [1.54, 1.807) is 0 Å². The number of rotatable bonds is 52. The number of allylic oxidation sites excluding steroid dienone is 16. The van der Waals surface area contributed by atoms with Gasteiger partial charge in [-0.1, -0.05) is 266 Å². The molecule has 0 amide bonds. The minimum atomic E-state index is -0.576. The van der Waals surface area contributed by atoms with Gasteiger partial charge in [0.1, 0.15) is 6.61 Å². The Morgan fingerprint density at radius 1 is 0.338 bits per heavy atom. The average molecular weight is 946 g/mol. The zero-order chi connectivity index (χ0) is 49.2. The Labute approximate surface area is 422 Å². The summed E-state index contributed by atoms with van der Waals surface area (Å²) >= 11 is 0. The summed E-state index contributed by atoms with van der Waals surface area (Å²) in [5, 5.41) is 0. The topological polar surface area (TPSA) is 61.8 Å². The summed E-state index contributed by atoms with van der Waals surface area (Å²) in [5.74, 6) is -0.494. The van der Waals surface area contributed by atoms with Crippen molar-refractivity contribution in [1.82, 2.24) is 0 Å². The maximum atomic E-state index is 12.9. The standard InChI is InChI=1S/C63H108O5/c1-4-7-10-13-16-19-22-25-28-30-32-34-36-38-41-44-47-50-53-56-62(64)67-60-61(59-66-58-55-52-49-46-43-40-27-24-21-18-15-12-9-6-3)68-63(65)57-54-51-48-45-42-39-37-35-33-31-29-26-23-20-17-14-11-8-5-2/h7,10,12,15-16,19,21,24-25,28,32,34,38,41,47,50,61H,4-6,8-9,11,13-14,17-18,20,22-23,26-27,29-31,33,35-37,39-40,42-46,48-49,51-60H2,1-3H3/b10-7-,15-12-,19-16-,24-21-,28-25-,34-32-,41-38-,50-47-. The summed E-state index contributed by atoms with van der Waals surface area (Å²) in [6.45, 7) is 7.58. The van der Waals surface area contributed by atoms with Crippen LogP contribution in [-0.2, 0) is 23.8 Å². The van der Waals surface area contributed by atoms with Crippen LogP contribution < -0.4 is 0 Å². The summed E-state index contributed by atoms with van der Waals surface area (Å²) in [4.78, 5) is 25.5. The molecular weight excluding hydrogens is 837 g/mol. The largest absolute Gasteiger partial charge is 0.462 e. The predicted octanol–water partition coefficient (Wildman–Crippen LogP) is 19.8. The van der Waals surface area contributed by atoms with Gasteiger partial charge in [-0.15, -0.1) is 0 Å². The molecule has 0 rings (SSSR count). The van der Waals surface area contributed by atoms with Crippen LogP contribution in [0.1, 0.15) is 265 Å². The maximum absolute atomic E-state index is 12.9. The van der Waals surface area contributed by atoms with Crippen molar-refractivity contribution in [3.8, 4) is 0 Å². The number of hydrogen-bond donors (Lipinski definition) is 0. The van der Waals surface area contributed by atoms with Crippen molar-refractivity contribution < 1.29 is 23.8 Å². The molecule has 0 aromatic rings. The number of carbonyl (C=O) groups is 2. The van der Waals surface area contributed by atoms with Gasteiger partial charge < -0.3 is 14.2 Å². The summed E-state index contributed by atoms with van der Waals surface area (Å²) < 4.78 is 17.4. The first-order chi connectivity index (χ1) is 33.6. The number of unbranched alkanes of at least 4 members (excludes halogenated alkanes) is 25. The van der Waals surface area contributed by atoms with Gasteiger partial charge in [0.2, 0.25) is 0 Å². The van der Waals surface area contributed by atoms with Crippen molar-refractivity contribution >= 4 is 11.9 Å². The number of hydrogen-bond acceptors (Lipinski definition) is 5. The van der Waals surface area contributed by atoms with Gasteiger partial charge in [-0.2, -0.15) is 0 Å². The molecule has 0 saturated heterocycles. The van der Waals surface area contributed by atoms with Crippen LogP contribution in [0.4, 0.5) is 0 Å². The normalized spacial score (nSPS) is 12.9. The molecule has 0 aliphatic heterocycles. The molecule has 0 saturated carbocycles. The van der Waals surface area contributed by atoms with Crippen LogP contribution in [0.15, 0.2) is 97.2 Å². The predicted molar refractivity (Wildman–Crippen MR) is 297 cm³/mol. The first kappa shape index (κ1) is 64.8. The first-order valence-electron chi connectivity index (χ1n) is 28.8. The smallest absolute Gasteiger partial charge is 0.306 e. The Morgan fingerprint density at radius 2 is 0.721 bits per heavy atom. The van der Waals surface area contributed by atoms with E-state index in [1.807, 2.05) is 6.08 Å². The van der Waals surface area contributed by atoms with Gasteiger partial charge in [-0.25, -0.2) is 0 Å². The van der Waals surface area contributed by atoms with E-state index in [0.717, 1.165) is 77.0 Å². The van der Waals surface area contributed by atoms with Crippen LogP contribution in [-0.4, -0.2) is 37.9 Å². The fourth-order valence-corrected chi connectivity index (χ4v) is 7.87. The van der Waals surface area contributed by atoms with Crippen molar-refractivity contribution in [2.24, 2.45) is 0 Å². The minimum Gasteiger partial charge on any atom is -0.462 e. The molecule has 0 spiro atoms. The molecule has 5 heteroatoms. The highest BCUT2D eigenvalue weighted by molar-refractivity contribution is 5.70. The Morgan fingerprint density at radius 3 is 1.18 bits per heavy atom. The fourth-order valence-electron chi connectivity index (χ4n) is 7.87. The molecular formula is C63H108O5. The highest BCUT2D eigenvalue weighted by atomic mass is 16.6. The van der Waals surface area contributed by atoms with Crippen molar-refractivity contribution in [3.05, 3.63) is 97.2 Å². The van der Waals surface area contributed by atoms with E-state index in [9.17, 15) is 9.59 Å². The van der Waals surface area contributed by atoms with Crippen LogP contribution in [0.2, 0.25) is 0 Å². The highest BCUT2D eigenvalue weighted by Gasteiger charge is 2.17. The lowest BCUT2D eigenvalue weighted by molar-refractivity contribution is -0.162. The van der Waals surface area contributed by atoms with Crippen molar-refractivity contribution in [2.45, 2.75) is 271 Å². The fraction of sp³-hybridized carbons (Fsp3) is 0.714. The van der Waals surface area contributed by atoms with Gasteiger partial charge in [-0.05, 0) is 83.5 Å². The molecule has 0 aromatic heterocycles. The van der Waals surface area contributed by atoms with Crippen molar-refractivity contribution in [2.75, 3.05) is 19.8 Å². The van der Waals surface area contributed by atoms with E-state index >= 15 is 0 Å². The second kappa shape index (κ2) is 58.1. The zero-order valence-corrected chi connectivity index (χ0v) is 44.8. The molecule has 0 bridgehead atoms. The van der Waals surface area contributed by atoms with Gasteiger partial charge in [0, 0.05) is 19.4 Å². The summed E-state index contributed by atoms with van der Waals surface area (Å²) in [6.07, 6.45) is 78.7.